The third kappa shape index (κ3) is 3.89. The van der Waals surface area contributed by atoms with Crippen LogP contribution in [0.4, 0.5) is 0 Å². The van der Waals surface area contributed by atoms with Gasteiger partial charge in [-0.3, -0.25) is 19.0 Å². The lowest BCUT2D eigenvalue weighted by atomic mass is 10.1. The van der Waals surface area contributed by atoms with E-state index in [-0.39, 0.29) is 17.8 Å². The molecule has 158 valence electrons. The standard InChI is InChI=1S/C22H21N5O4/c1-12(2)27-17-10-9-15(11-16(17)24-20(29)22(27)30)18-25-21(31-26-18)13(3)23-19(28)14-7-5-4-6-8-14/h4-13H,1-3H3,(H,23,28)(H,24,29)/t13-/m1/s1. The van der Waals surface area contributed by atoms with Gasteiger partial charge >= 0.3 is 11.1 Å². The molecule has 0 saturated carbocycles. The molecule has 0 bridgehead atoms. The number of fused-ring (bicyclic) bond motifs is 1. The van der Waals surface area contributed by atoms with Gasteiger partial charge in [-0.25, -0.2) is 0 Å². The molecular formula is C22H21N5O4. The van der Waals surface area contributed by atoms with Gasteiger partial charge in [0.15, 0.2) is 0 Å². The van der Waals surface area contributed by atoms with Crippen LogP contribution in [0.25, 0.3) is 22.4 Å². The van der Waals surface area contributed by atoms with Crippen molar-refractivity contribution in [1.29, 1.82) is 0 Å². The Bertz CT molecular complexity index is 1370. The first-order valence-corrected chi connectivity index (χ1v) is 9.83. The van der Waals surface area contributed by atoms with E-state index in [1.807, 2.05) is 19.9 Å². The van der Waals surface area contributed by atoms with Gasteiger partial charge in [0, 0.05) is 17.2 Å². The Hall–Kier alpha value is -4.01. The highest BCUT2D eigenvalue weighted by molar-refractivity contribution is 5.94. The van der Waals surface area contributed by atoms with Crippen molar-refractivity contribution < 1.29 is 9.32 Å². The summed E-state index contributed by atoms with van der Waals surface area (Å²) in [4.78, 5) is 43.6. The monoisotopic (exact) mass is 419 g/mol. The summed E-state index contributed by atoms with van der Waals surface area (Å²) in [5, 5.41) is 6.81. The number of hydrogen-bond acceptors (Lipinski definition) is 6. The fourth-order valence-electron chi connectivity index (χ4n) is 3.35. The predicted molar refractivity (Wildman–Crippen MR) is 115 cm³/mol. The first kappa shape index (κ1) is 20.3. The highest BCUT2D eigenvalue weighted by Crippen LogP contribution is 2.23. The normalized spacial score (nSPS) is 12.3. The van der Waals surface area contributed by atoms with E-state index in [1.165, 1.54) is 4.57 Å². The lowest BCUT2D eigenvalue weighted by molar-refractivity contribution is 0.0932. The molecule has 4 aromatic rings. The van der Waals surface area contributed by atoms with Crippen LogP contribution in [0.1, 0.15) is 49.1 Å². The number of nitrogens with zero attached hydrogens (tertiary/aromatic N) is 3. The van der Waals surface area contributed by atoms with E-state index in [9.17, 15) is 14.4 Å². The molecule has 0 spiro atoms. The minimum Gasteiger partial charge on any atom is -0.341 e. The minimum atomic E-state index is -0.690. The van der Waals surface area contributed by atoms with E-state index in [4.69, 9.17) is 4.52 Å². The van der Waals surface area contributed by atoms with Crippen LogP contribution >= 0.6 is 0 Å². The molecule has 2 N–H and O–H groups in total. The summed E-state index contributed by atoms with van der Waals surface area (Å²) >= 11 is 0. The van der Waals surface area contributed by atoms with Crippen molar-refractivity contribution in [3.8, 4) is 11.4 Å². The van der Waals surface area contributed by atoms with E-state index < -0.39 is 17.2 Å². The van der Waals surface area contributed by atoms with E-state index in [1.54, 1.807) is 49.4 Å². The molecule has 9 nitrogen and oxygen atoms in total. The summed E-state index contributed by atoms with van der Waals surface area (Å²) in [6.07, 6.45) is 0. The van der Waals surface area contributed by atoms with Gasteiger partial charge in [-0.15, -0.1) is 0 Å². The Labute approximate surface area is 176 Å². The molecule has 0 aliphatic rings. The molecule has 0 aliphatic heterocycles. The number of benzene rings is 2. The predicted octanol–water partition coefficient (Wildman–Crippen LogP) is 2.81. The zero-order valence-electron chi connectivity index (χ0n) is 17.2. The van der Waals surface area contributed by atoms with E-state index in [0.717, 1.165) is 0 Å². The van der Waals surface area contributed by atoms with E-state index in [2.05, 4.69) is 20.4 Å². The Morgan fingerprint density at radius 2 is 1.84 bits per heavy atom. The second kappa shape index (κ2) is 8.02. The SMILES string of the molecule is CC(C)n1c(=O)c(=O)[nH]c2cc(-c3noc([C@@H](C)NC(=O)c4ccccc4)n3)ccc21. The molecule has 4 rings (SSSR count). The molecule has 0 fully saturated rings. The Balaban J connectivity index is 1.63. The maximum Gasteiger partial charge on any atom is 0.316 e. The molecule has 0 aliphatic carbocycles. The zero-order chi connectivity index (χ0) is 22.1. The fraction of sp³-hybridized carbons (Fsp3) is 0.227. The molecule has 0 unspecified atom stereocenters. The molecular weight excluding hydrogens is 398 g/mol. The smallest absolute Gasteiger partial charge is 0.316 e. The Morgan fingerprint density at radius 3 is 2.55 bits per heavy atom. The van der Waals surface area contributed by atoms with Crippen molar-refractivity contribution in [2.75, 3.05) is 0 Å². The summed E-state index contributed by atoms with van der Waals surface area (Å²) in [5.41, 5.74) is 0.949. The quantitative estimate of drug-likeness (QED) is 0.480. The number of hydrogen-bond donors (Lipinski definition) is 2. The second-order valence-electron chi connectivity index (χ2n) is 7.47. The van der Waals surface area contributed by atoms with Crippen molar-refractivity contribution >= 4 is 16.9 Å². The molecule has 1 amide bonds. The van der Waals surface area contributed by atoms with E-state index >= 15 is 0 Å². The number of nitrogens with one attached hydrogen (secondary N) is 2. The van der Waals surface area contributed by atoms with Crippen LogP contribution in [-0.2, 0) is 0 Å². The molecule has 31 heavy (non-hydrogen) atoms. The third-order valence-corrected chi connectivity index (χ3v) is 4.89. The zero-order valence-corrected chi connectivity index (χ0v) is 17.2. The molecule has 2 aromatic heterocycles. The maximum atomic E-state index is 12.3. The summed E-state index contributed by atoms with van der Waals surface area (Å²) in [6, 6.07) is 13.3. The third-order valence-electron chi connectivity index (χ3n) is 4.89. The van der Waals surface area contributed by atoms with Gasteiger partial charge in [0.1, 0.15) is 6.04 Å². The molecule has 2 heterocycles. The minimum absolute atomic E-state index is 0.172. The van der Waals surface area contributed by atoms with Crippen LogP contribution in [-0.4, -0.2) is 25.6 Å². The van der Waals surface area contributed by atoms with Gasteiger partial charge in [-0.2, -0.15) is 4.98 Å². The highest BCUT2D eigenvalue weighted by atomic mass is 16.5. The van der Waals surface area contributed by atoms with Gasteiger partial charge in [-0.05, 0) is 51.1 Å². The lowest BCUT2D eigenvalue weighted by Crippen LogP contribution is -2.37. The average Bonchev–Trinajstić information content (AvgIpc) is 3.25. The molecule has 0 saturated heterocycles. The van der Waals surface area contributed by atoms with Crippen LogP contribution in [0.2, 0.25) is 0 Å². The number of H-pyrrole nitrogens is 1. The number of aromatic amines is 1. The van der Waals surface area contributed by atoms with Gasteiger partial charge in [-0.1, -0.05) is 23.4 Å². The Morgan fingerprint density at radius 1 is 1.10 bits per heavy atom. The van der Waals surface area contributed by atoms with Crippen molar-refractivity contribution in [3.05, 3.63) is 80.7 Å². The first-order chi connectivity index (χ1) is 14.8. The molecule has 0 radical (unpaired) electrons. The van der Waals surface area contributed by atoms with Gasteiger partial charge < -0.3 is 14.8 Å². The maximum absolute atomic E-state index is 12.3. The lowest BCUT2D eigenvalue weighted by Gasteiger charge is -2.13. The largest absolute Gasteiger partial charge is 0.341 e. The van der Waals surface area contributed by atoms with Crippen molar-refractivity contribution in [3.63, 3.8) is 0 Å². The number of carbonyl (C=O) groups excluding carboxylic acids is 1. The van der Waals surface area contributed by atoms with Crippen LogP contribution in [0.3, 0.4) is 0 Å². The van der Waals surface area contributed by atoms with Gasteiger partial charge in [0.25, 0.3) is 5.91 Å². The number of rotatable bonds is 5. The van der Waals surface area contributed by atoms with Gasteiger partial charge in [0.05, 0.1) is 11.0 Å². The summed E-state index contributed by atoms with van der Waals surface area (Å²) in [7, 11) is 0. The second-order valence-corrected chi connectivity index (χ2v) is 7.47. The molecule has 9 heteroatoms. The molecule has 1 atom stereocenters. The van der Waals surface area contributed by atoms with Crippen molar-refractivity contribution in [2.45, 2.75) is 32.9 Å². The summed E-state index contributed by atoms with van der Waals surface area (Å²) in [5.74, 6) is 0.309. The highest BCUT2D eigenvalue weighted by Gasteiger charge is 2.19. The van der Waals surface area contributed by atoms with Crippen molar-refractivity contribution in [1.82, 2.24) is 25.0 Å². The van der Waals surface area contributed by atoms with Crippen LogP contribution in [0.5, 0.6) is 0 Å². The Kier molecular flexibility index (Phi) is 5.24. The molecule has 2 aromatic carbocycles. The van der Waals surface area contributed by atoms with Crippen LogP contribution < -0.4 is 16.4 Å². The topological polar surface area (TPSA) is 123 Å². The van der Waals surface area contributed by atoms with Gasteiger partial charge in [0.2, 0.25) is 11.7 Å². The summed E-state index contributed by atoms with van der Waals surface area (Å²) < 4.78 is 6.78. The van der Waals surface area contributed by atoms with Crippen molar-refractivity contribution in [2.24, 2.45) is 0 Å². The van der Waals surface area contributed by atoms with E-state index in [0.29, 0.717) is 28.0 Å². The first-order valence-electron chi connectivity index (χ1n) is 9.83. The van der Waals surface area contributed by atoms with Crippen LogP contribution in [0, 0.1) is 0 Å². The fourth-order valence-corrected chi connectivity index (χ4v) is 3.35. The number of aromatic nitrogens is 4. The summed E-state index contributed by atoms with van der Waals surface area (Å²) in [6.45, 7) is 5.42. The number of amides is 1. The average molecular weight is 419 g/mol. The number of carbonyl (C=O) groups is 1. The van der Waals surface area contributed by atoms with Crippen LogP contribution in [0.15, 0.2) is 62.6 Å².